The molecule has 0 radical (unpaired) electrons. The first-order valence-electron chi connectivity index (χ1n) is 4.22. The summed E-state index contributed by atoms with van der Waals surface area (Å²) in [4.78, 5) is 0. The quantitative estimate of drug-likeness (QED) is 0.870. The van der Waals surface area contributed by atoms with Gasteiger partial charge in [0.15, 0.2) is 0 Å². The van der Waals surface area contributed by atoms with Crippen molar-refractivity contribution in [3.05, 3.63) is 32.3 Å². The first-order chi connectivity index (χ1) is 6.07. The zero-order valence-electron chi connectivity index (χ0n) is 7.82. The second-order valence-electron chi connectivity index (χ2n) is 3.11. The zero-order chi connectivity index (χ0) is 10.0. The van der Waals surface area contributed by atoms with Crippen molar-refractivity contribution in [1.82, 2.24) is 0 Å². The van der Waals surface area contributed by atoms with Crippen LogP contribution in [0, 0.1) is 13.8 Å². The van der Waals surface area contributed by atoms with Crippen LogP contribution in [0.15, 0.2) is 10.5 Å². The highest BCUT2D eigenvalue weighted by atomic mass is 79.9. The monoisotopic (exact) mass is 261 g/mol. The van der Waals surface area contributed by atoms with E-state index in [1.54, 1.807) is 0 Å². The fourth-order valence-electron chi connectivity index (χ4n) is 1.42. The van der Waals surface area contributed by atoms with Crippen LogP contribution < -0.4 is 5.73 Å². The minimum atomic E-state index is 0.661. The average molecular weight is 263 g/mol. The average Bonchev–Trinajstić information content (AvgIpc) is 2.09. The summed E-state index contributed by atoms with van der Waals surface area (Å²) in [5.41, 5.74) is 9.19. The summed E-state index contributed by atoms with van der Waals surface area (Å²) in [7, 11) is 0. The molecule has 0 fully saturated rings. The minimum absolute atomic E-state index is 0.661. The molecule has 0 aliphatic heterocycles. The summed E-state index contributed by atoms with van der Waals surface area (Å²) in [5, 5.41) is 0.806. The second-order valence-corrected chi connectivity index (χ2v) is 4.37. The lowest BCUT2D eigenvalue weighted by Gasteiger charge is -2.12. The summed E-state index contributed by atoms with van der Waals surface area (Å²) in [6.45, 7) is 4.78. The Morgan fingerprint density at radius 2 is 2.00 bits per heavy atom. The molecule has 0 amide bonds. The van der Waals surface area contributed by atoms with Crippen LogP contribution in [-0.2, 0) is 6.42 Å². The predicted octanol–water partition coefficient (Wildman–Crippen LogP) is 3.22. The molecule has 0 aliphatic carbocycles. The lowest BCUT2D eigenvalue weighted by atomic mass is 10.0. The summed E-state index contributed by atoms with van der Waals surface area (Å²) in [6, 6.07) is 1.94. The molecular formula is C10H13BrClN. The van der Waals surface area contributed by atoms with Crippen molar-refractivity contribution < 1.29 is 0 Å². The summed E-state index contributed by atoms with van der Waals surface area (Å²) in [5.74, 6) is 0. The highest BCUT2D eigenvalue weighted by molar-refractivity contribution is 9.10. The number of rotatable bonds is 2. The lowest BCUT2D eigenvalue weighted by Crippen LogP contribution is -2.06. The molecular weight excluding hydrogens is 249 g/mol. The first kappa shape index (κ1) is 11.0. The van der Waals surface area contributed by atoms with Gasteiger partial charge in [0.2, 0.25) is 0 Å². The van der Waals surface area contributed by atoms with Gasteiger partial charge in [0.1, 0.15) is 0 Å². The Hall–Kier alpha value is -0.0500. The van der Waals surface area contributed by atoms with Crippen molar-refractivity contribution >= 4 is 27.5 Å². The number of hydrogen-bond acceptors (Lipinski definition) is 1. The van der Waals surface area contributed by atoms with Gasteiger partial charge < -0.3 is 5.73 Å². The molecule has 0 aromatic heterocycles. The van der Waals surface area contributed by atoms with Crippen molar-refractivity contribution in [2.45, 2.75) is 20.3 Å². The fraction of sp³-hybridized carbons (Fsp3) is 0.400. The van der Waals surface area contributed by atoms with Gasteiger partial charge in [-0.15, -0.1) is 0 Å². The van der Waals surface area contributed by atoms with Crippen molar-refractivity contribution in [2.75, 3.05) is 6.54 Å². The first-order valence-corrected chi connectivity index (χ1v) is 5.39. The van der Waals surface area contributed by atoms with Gasteiger partial charge in [0.05, 0.1) is 0 Å². The van der Waals surface area contributed by atoms with Crippen LogP contribution in [-0.4, -0.2) is 6.54 Å². The predicted molar refractivity (Wildman–Crippen MR) is 61.4 cm³/mol. The van der Waals surface area contributed by atoms with E-state index in [2.05, 4.69) is 22.9 Å². The second kappa shape index (κ2) is 4.45. The standard InChI is InChI=1S/C10H13BrClN/c1-6-8(3-4-13)7(2)10(12)5-9(6)11/h5H,3-4,13H2,1-2H3. The van der Waals surface area contributed by atoms with Crippen LogP contribution in [0.3, 0.4) is 0 Å². The van der Waals surface area contributed by atoms with Crippen LogP contribution in [0.25, 0.3) is 0 Å². The molecule has 1 nitrogen and oxygen atoms in total. The molecule has 72 valence electrons. The van der Waals surface area contributed by atoms with Gasteiger partial charge >= 0.3 is 0 Å². The van der Waals surface area contributed by atoms with E-state index >= 15 is 0 Å². The molecule has 0 saturated heterocycles. The number of hydrogen-bond donors (Lipinski definition) is 1. The Labute approximate surface area is 92.4 Å². The van der Waals surface area contributed by atoms with Crippen molar-refractivity contribution in [3.63, 3.8) is 0 Å². The summed E-state index contributed by atoms with van der Waals surface area (Å²) in [6.07, 6.45) is 0.886. The van der Waals surface area contributed by atoms with E-state index in [9.17, 15) is 0 Å². The van der Waals surface area contributed by atoms with Crippen molar-refractivity contribution in [1.29, 1.82) is 0 Å². The van der Waals surface area contributed by atoms with Gasteiger partial charge in [-0.2, -0.15) is 0 Å². The highest BCUT2D eigenvalue weighted by Gasteiger charge is 2.08. The number of halogens is 2. The lowest BCUT2D eigenvalue weighted by molar-refractivity contribution is 0.944. The van der Waals surface area contributed by atoms with Crippen LogP contribution >= 0.6 is 27.5 Å². The maximum absolute atomic E-state index is 6.06. The molecule has 2 N–H and O–H groups in total. The van der Waals surface area contributed by atoms with E-state index in [4.69, 9.17) is 17.3 Å². The molecule has 1 aromatic rings. The maximum atomic E-state index is 6.06. The normalized spacial score (nSPS) is 10.5. The Morgan fingerprint density at radius 3 is 2.54 bits per heavy atom. The van der Waals surface area contributed by atoms with Crippen molar-refractivity contribution in [3.8, 4) is 0 Å². The minimum Gasteiger partial charge on any atom is -0.330 e. The Kier molecular flexibility index (Phi) is 3.77. The fourth-order valence-corrected chi connectivity index (χ4v) is 2.24. The maximum Gasteiger partial charge on any atom is 0.0449 e. The smallest absolute Gasteiger partial charge is 0.0449 e. The zero-order valence-corrected chi connectivity index (χ0v) is 10.2. The molecule has 3 heteroatoms. The van der Waals surface area contributed by atoms with Gasteiger partial charge in [-0.05, 0) is 49.6 Å². The highest BCUT2D eigenvalue weighted by Crippen LogP contribution is 2.29. The molecule has 0 bridgehead atoms. The third-order valence-corrected chi connectivity index (χ3v) is 3.49. The van der Waals surface area contributed by atoms with Gasteiger partial charge in [-0.3, -0.25) is 0 Å². The van der Waals surface area contributed by atoms with Crippen molar-refractivity contribution in [2.24, 2.45) is 5.73 Å². The summed E-state index contributed by atoms with van der Waals surface area (Å²) >= 11 is 9.53. The third kappa shape index (κ3) is 2.25. The van der Waals surface area contributed by atoms with Gasteiger partial charge in [0.25, 0.3) is 0 Å². The molecule has 0 unspecified atom stereocenters. The molecule has 1 aromatic carbocycles. The molecule has 13 heavy (non-hydrogen) atoms. The molecule has 1 rings (SSSR count). The van der Waals surface area contributed by atoms with E-state index in [1.165, 1.54) is 11.1 Å². The molecule has 0 spiro atoms. The number of nitrogens with two attached hydrogens (primary N) is 1. The number of benzene rings is 1. The third-order valence-electron chi connectivity index (χ3n) is 2.27. The van der Waals surface area contributed by atoms with E-state index in [0.29, 0.717) is 6.54 Å². The van der Waals surface area contributed by atoms with Crippen LogP contribution in [0.5, 0.6) is 0 Å². The van der Waals surface area contributed by atoms with E-state index < -0.39 is 0 Å². The van der Waals surface area contributed by atoms with Gasteiger partial charge in [-0.1, -0.05) is 27.5 Å². The van der Waals surface area contributed by atoms with E-state index in [-0.39, 0.29) is 0 Å². The van der Waals surface area contributed by atoms with Crippen LogP contribution in [0.4, 0.5) is 0 Å². The van der Waals surface area contributed by atoms with Crippen LogP contribution in [0.1, 0.15) is 16.7 Å². The van der Waals surface area contributed by atoms with Crippen LogP contribution in [0.2, 0.25) is 5.02 Å². The van der Waals surface area contributed by atoms with E-state index in [0.717, 1.165) is 21.5 Å². The van der Waals surface area contributed by atoms with Gasteiger partial charge in [-0.25, -0.2) is 0 Å². The van der Waals surface area contributed by atoms with E-state index in [1.807, 2.05) is 13.0 Å². The summed E-state index contributed by atoms with van der Waals surface area (Å²) < 4.78 is 1.06. The Balaban J connectivity index is 3.28. The molecule has 0 aliphatic rings. The largest absolute Gasteiger partial charge is 0.330 e. The Bertz CT molecular complexity index is 297. The molecule has 0 heterocycles. The SMILES string of the molecule is Cc1c(Cl)cc(Br)c(C)c1CCN. The molecule has 0 saturated carbocycles. The Morgan fingerprint density at radius 1 is 1.38 bits per heavy atom. The topological polar surface area (TPSA) is 26.0 Å². The van der Waals surface area contributed by atoms with Gasteiger partial charge in [0, 0.05) is 9.50 Å². The molecule has 0 atom stereocenters.